The van der Waals surface area contributed by atoms with Gasteiger partial charge in [0.05, 0.1) is 4.90 Å². The normalized spacial score (nSPS) is 11.2. The largest absolute Gasteiger partial charge is 0.370 e. The second-order valence-electron chi connectivity index (χ2n) is 5.15. The van der Waals surface area contributed by atoms with Gasteiger partial charge >= 0.3 is 0 Å². The Bertz CT molecular complexity index is 690. The number of carbonyl (C=O) groups excluding carboxylic acids is 1. The van der Waals surface area contributed by atoms with Crippen LogP contribution in [0.4, 0.5) is 0 Å². The summed E-state index contributed by atoms with van der Waals surface area (Å²) in [5.41, 5.74) is 11.9. The molecule has 0 bridgehead atoms. The molecular weight excluding hydrogens is 302 g/mol. The fourth-order valence-electron chi connectivity index (χ4n) is 2.43. The smallest absolute Gasteiger partial charge is 0.280 e. The molecule has 122 valence electrons. The van der Waals surface area contributed by atoms with Gasteiger partial charge in [0.25, 0.3) is 5.91 Å². The topological polar surface area (TPSA) is 116 Å². The molecule has 0 aliphatic rings. The monoisotopic (exact) mass is 325 g/mol. The maximum Gasteiger partial charge on any atom is 0.280 e. The minimum Gasteiger partial charge on any atom is -0.370 e. The summed E-state index contributed by atoms with van der Waals surface area (Å²) in [5.74, 6) is -0.966. The van der Waals surface area contributed by atoms with Crippen molar-refractivity contribution in [2.75, 3.05) is 6.26 Å². The minimum absolute atomic E-state index is 0.233. The van der Waals surface area contributed by atoms with Crippen LogP contribution in [0.5, 0.6) is 0 Å². The number of unbranched alkanes of at least 4 members (excludes halogenated alkanes) is 1. The number of nitrogens with two attached hydrogens (primary N) is 2. The van der Waals surface area contributed by atoms with Gasteiger partial charge in [-0.1, -0.05) is 26.3 Å². The molecule has 0 spiro atoms. The third-order valence-electron chi connectivity index (χ3n) is 3.33. The molecule has 0 saturated heterocycles. The minimum atomic E-state index is -3.45. The Morgan fingerprint density at radius 2 is 1.86 bits per heavy atom. The summed E-state index contributed by atoms with van der Waals surface area (Å²) in [7, 11) is -3.45. The van der Waals surface area contributed by atoms with Gasteiger partial charge < -0.3 is 11.5 Å². The van der Waals surface area contributed by atoms with Crippen LogP contribution < -0.4 is 11.5 Å². The molecule has 0 aromatic heterocycles. The van der Waals surface area contributed by atoms with Crippen molar-refractivity contribution in [3.05, 3.63) is 28.8 Å². The van der Waals surface area contributed by atoms with Crippen LogP contribution in [0.2, 0.25) is 0 Å². The number of aryl methyl sites for hydroxylation is 1. The highest BCUT2D eigenvalue weighted by Gasteiger charge is 2.22. The number of sulfone groups is 1. The molecule has 1 aromatic carbocycles. The lowest BCUT2D eigenvalue weighted by molar-refractivity contribution is 0.100. The fraction of sp³-hybridized carbons (Fsp3) is 0.467. The average molecular weight is 325 g/mol. The molecule has 0 unspecified atom stereocenters. The molecule has 0 aliphatic carbocycles. The molecule has 0 saturated carbocycles. The second-order valence-corrected chi connectivity index (χ2v) is 7.10. The molecule has 1 aromatic rings. The van der Waals surface area contributed by atoms with Gasteiger partial charge in [-0.15, -0.1) is 0 Å². The van der Waals surface area contributed by atoms with Crippen LogP contribution in [0.3, 0.4) is 0 Å². The maximum atomic E-state index is 12.2. The van der Waals surface area contributed by atoms with Crippen LogP contribution >= 0.6 is 0 Å². The molecular formula is C15H23N3O3S. The van der Waals surface area contributed by atoms with E-state index in [1.54, 1.807) is 19.1 Å². The first-order chi connectivity index (χ1) is 10.2. The Hall–Kier alpha value is -1.89. The number of nitrogens with zero attached hydrogens (tertiary/aromatic N) is 1. The van der Waals surface area contributed by atoms with Gasteiger partial charge in [-0.05, 0) is 36.5 Å². The number of hydrogen-bond acceptors (Lipinski definition) is 3. The standard InChI is InChI=1S/C15H23N3O3S/c1-4-6-7-10-8-9-12(14(19)18-15(16)17)11(5-2)13(10)22(3,20)21/h8-9H,4-7H2,1-3H3,(H4,16,17,18,19). The molecule has 0 heterocycles. The molecule has 22 heavy (non-hydrogen) atoms. The van der Waals surface area contributed by atoms with Crippen LogP contribution in [0.25, 0.3) is 0 Å². The van der Waals surface area contributed by atoms with Crippen LogP contribution in [-0.4, -0.2) is 26.5 Å². The van der Waals surface area contributed by atoms with Crippen molar-refractivity contribution in [2.45, 2.75) is 44.4 Å². The Balaban J connectivity index is 3.58. The fourth-order valence-corrected chi connectivity index (χ4v) is 3.78. The first kappa shape index (κ1) is 18.2. The lowest BCUT2D eigenvalue weighted by Crippen LogP contribution is -2.24. The van der Waals surface area contributed by atoms with Crippen molar-refractivity contribution in [3.8, 4) is 0 Å². The molecule has 7 heteroatoms. The number of benzene rings is 1. The summed E-state index contributed by atoms with van der Waals surface area (Å²) in [5, 5.41) is 0. The summed E-state index contributed by atoms with van der Waals surface area (Å²) in [4.78, 5) is 15.8. The van der Waals surface area contributed by atoms with Gasteiger partial charge in [-0.25, -0.2) is 8.42 Å². The van der Waals surface area contributed by atoms with E-state index < -0.39 is 15.7 Å². The number of amides is 1. The van der Waals surface area contributed by atoms with E-state index in [9.17, 15) is 13.2 Å². The Morgan fingerprint density at radius 1 is 1.23 bits per heavy atom. The van der Waals surface area contributed by atoms with Gasteiger partial charge in [0.1, 0.15) is 0 Å². The summed E-state index contributed by atoms with van der Waals surface area (Å²) < 4.78 is 24.4. The number of hydrogen-bond donors (Lipinski definition) is 2. The molecule has 1 amide bonds. The molecule has 0 atom stereocenters. The molecule has 6 nitrogen and oxygen atoms in total. The van der Waals surface area contributed by atoms with Gasteiger partial charge in [-0.3, -0.25) is 4.79 Å². The number of aliphatic imine (C=N–C) groups is 1. The van der Waals surface area contributed by atoms with Crippen LogP contribution in [0.1, 0.15) is 48.2 Å². The third kappa shape index (κ3) is 4.30. The van der Waals surface area contributed by atoms with Crippen molar-refractivity contribution in [2.24, 2.45) is 16.5 Å². The second kappa shape index (κ2) is 7.40. The highest BCUT2D eigenvalue weighted by molar-refractivity contribution is 7.90. The zero-order valence-electron chi connectivity index (χ0n) is 13.2. The molecule has 4 N–H and O–H groups in total. The highest BCUT2D eigenvalue weighted by Crippen LogP contribution is 2.27. The Kier molecular flexibility index (Phi) is 6.11. The van der Waals surface area contributed by atoms with E-state index in [-0.39, 0.29) is 16.4 Å². The average Bonchev–Trinajstić information content (AvgIpc) is 2.41. The van der Waals surface area contributed by atoms with Gasteiger partial charge in [0, 0.05) is 11.8 Å². The summed E-state index contributed by atoms with van der Waals surface area (Å²) >= 11 is 0. The zero-order chi connectivity index (χ0) is 16.9. The van der Waals surface area contributed by atoms with Gasteiger partial charge in [0.15, 0.2) is 15.8 Å². The summed E-state index contributed by atoms with van der Waals surface area (Å²) in [6, 6.07) is 3.29. The van der Waals surface area contributed by atoms with Crippen molar-refractivity contribution in [1.29, 1.82) is 0 Å². The summed E-state index contributed by atoms with van der Waals surface area (Å²) in [6.07, 6.45) is 4.06. The SMILES string of the molecule is CCCCc1ccc(C(=O)N=C(N)N)c(CC)c1S(C)(=O)=O. The number of carbonyl (C=O) groups is 1. The maximum absolute atomic E-state index is 12.2. The first-order valence-corrected chi connectivity index (χ1v) is 9.10. The van der Waals surface area contributed by atoms with Gasteiger partial charge in [-0.2, -0.15) is 4.99 Å². The molecule has 1 rings (SSSR count). The predicted octanol–water partition coefficient (Wildman–Crippen LogP) is 1.41. The van der Waals surface area contributed by atoms with E-state index in [0.717, 1.165) is 24.7 Å². The third-order valence-corrected chi connectivity index (χ3v) is 4.58. The van der Waals surface area contributed by atoms with Crippen molar-refractivity contribution < 1.29 is 13.2 Å². The van der Waals surface area contributed by atoms with Crippen molar-refractivity contribution >= 4 is 21.7 Å². The van der Waals surface area contributed by atoms with Gasteiger partial charge in [0.2, 0.25) is 0 Å². The van der Waals surface area contributed by atoms with Crippen LogP contribution in [-0.2, 0) is 22.7 Å². The first-order valence-electron chi connectivity index (χ1n) is 7.21. The predicted molar refractivity (Wildman–Crippen MR) is 87.7 cm³/mol. The van der Waals surface area contributed by atoms with E-state index in [0.29, 0.717) is 18.4 Å². The van der Waals surface area contributed by atoms with Crippen molar-refractivity contribution in [1.82, 2.24) is 0 Å². The van der Waals surface area contributed by atoms with E-state index >= 15 is 0 Å². The Morgan fingerprint density at radius 3 is 2.32 bits per heavy atom. The van der Waals surface area contributed by atoms with Crippen LogP contribution in [0, 0.1) is 0 Å². The van der Waals surface area contributed by atoms with E-state index in [1.807, 2.05) is 6.92 Å². The van der Waals surface area contributed by atoms with Crippen LogP contribution in [0.15, 0.2) is 22.0 Å². The van der Waals surface area contributed by atoms with E-state index in [4.69, 9.17) is 11.5 Å². The number of rotatable bonds is 6. The summed E-state index contributed by atoms with van der Waals surface area (Å²) in [6.45, 7) is 3.84. The van der Waals surface area contributed by atoms with E-state index in [2.05, 4.69) is 4.99 Å². The molecule has 0 aliphatic heterocycles. The van der Waals surface area contributed by atoms with Crippen molar-refractivity contribution in [3.63, 3.8) is 0 Å². The highest BCUT2D eigenvalue weighted by atomic mass is 32.2. The zero-order valence-corrected chi connectivity index (χ0v) is 14.0. The quantitative estimate of drug-likeness (QED) is 0.606. The number of guanidine groups is 1. The lowest BCUT2D eigenvalue weighted by atomic mass is 9.98. The Labute approximate surface area is 131 Å². The van der Waals surface area contributed by atoms with E-state index in [1.165, 1.54) is 0 Å². The molecule has 0 fully saturated rings. The molecule has 0 radical (unpaired) electrons. The lowest BCUT2D eigenvalue weighted by Gasteiger charge is -2.15.